The Kier molecular flexibility index (Phi) is 2.93. The van der Waals surface area contributed by atoms with E-state index in [1.54, 1.807) is 0 Å². The van der Waals surface area contributed by atoms with Gasteiger partial charge in [-0.15, -0.1) is 0 Å². The highest BCUT2D eigenvalue weighted by molar-refractivity contribution is 7.93. The molecule has 0 aliphatic carbocycles. The van der Waals surface area contributed by atoms with Gasteiger partial charge in [0.15, 0.2) is 0 Å². The van der Waals surface area contributed by atoms with E-state index >= 15 is 0 Å². The average molecular weight is 266 g/mol. The van der Waals surface area contributed by atoms with Gasteiger partial charge in [-0.1, -0.05) is 0 Å². The third kappa shape index (κ3) is 2.07. The summed E-state index contributed by atoms with van der Waals surface area (Å²) in [5, 5.41) is 0. The fraction of sp³-hybridized carbons (Fsp3) is 0.538. The monoisotopic (exact) mass is 266 g/mol. The topological polar surface area (TPSA) is 40.6 Å². The smallest absolute Gasteiger partial charge is 0.235 e. The lowest BCUT2D eigenvalue weighted by Crippen LogP contribution is -2.25. The van der Waals surface area contributed by atoms with Gasteiger partial charge in [-0.2, -0.15) is 0 Å². The Bertz CT molecular complexity index is 518. The molecule has 2 aliphatic heterocycles. The molecule has 0 unspecified atom stereocenters. The number of rotatable bonds is 2. The Labute approximate surface area is 108 Å². The van der Waals surface area contributed by atoms with Gasteiger partial charge in [-0.05, 0) is 43.5 Å². The molecule has 0 amide bonds. The van der Waals surface area contributed by atoms with Crippen molar-refractivity contribution >= 4 is 21.4 Å². The number of benzene rings is 1. The van der Waals surface area contributed by atoms with Crippen molar-refractivity contribution in [3.8, 4) is 0 Å². The van der Waals surface area contributed by atoms with E-state index in [9.17, 15) is 8.42 Å². The van der Waals surface area contributed by atoms with Crippen LogP contribution in [0.15, 0.2) is 24.3 Å². The van der Waals surface area contributed by atoms with Crippen LogP contribution in [0.3, 0.4) is 0 Å². The lowest BCUT2D eigenvalue weighted by atomic mass is 10.2. The van der Waals surface area contributed by atoms with Crippen molar-refractivity contribution in [2.24, 2.45) is 0 Å². The molecule has 0 atom stereocenters. The van der Waals surface area contributed by atoms with Crippen molar-refractivity contribution < 1.29 is 8.42 Å². The summed E-state index contributed by atoms with van der Waals surface area (Å²) in [7, 11) is -3.05. The van der Waals surface area contributed by atoms with E-state index in [4.69, 9.17) is 0 Å². The highest BCUT2D eigenvalue weighted by Crippen LogP contribution is 2.27. The SMILES string of the molecule is O=S1(=O)CCCN1c1ccc(N2CCCC2)cc1. The summed E-state index contributed by atoms with van der Waals surface area (Å²) in [6, 6.07) is 7.93. The molecule has 0 N–H and O–H groups in total. The summed E-state index contributed by atoms with van der Waals surface area (Å²) in [5.74, 6) is 0.279. The first kappa shape index (κ1) is 11.8. The van der Waals surface area contributed by atoms with E-state index in [1.807, 2.05) is 24.3 Å². The molecule has 3 rings (SSSR count). The van der Waals surface area contributed by atoms with Crippen LogP contribution in [0.5, 0.6) is 0 Å². The first-order valence-corrected chi connectivity index (χ1v) is 8.13. The molecule has 0 radical (unpaired) electrons. The number of hydrogen-bond acceptors (Lipinski definition) is 3. The Morgan fingerprint density at radius 1 is 0.833 bits per heavy atom. The Hall–Kier alpha value is -1.23. The standard InChI is InChI=1S/C13H18N2O2S/c16-18(17)11-3-10-15(18)13-6-4-12(5-7-13)14-8-1-2-9-14/h4-7H,1-3,8-11H2. The fourth-order valence-corrected chi connectivity index (χ4v) is 4.30. The molecule has 0 aromatic heterocycles. The van der Waals surface area contributed by atoms with E-state index in [0.717, 1.165) is 25.2 Å². The Balaban J connectivity index is 1.82. The molecular weight excluding hydrogens is 248 g/mol. The molecule has 2 fully saturated rings. The molecule has 2 heterocycles. The average Bonchev–Trinajstić information content (AvgIpc) is 2.98. The van der Waals surface area contributed by atoms with E-state index in [1.165, 1.54) is 22.8 Å². The second kappa shape index (κ2) is 4.46. The minimum absolute atomic E-state index is 0.279. The van der Waals surface area contributed by atoms with Crippen LogP contribution in [0.4, 0.5) is 11.4 Å². The second-order valence-electron chi connectivity index (χ2n) is 4.95. The maximum absolute atomic E-state index is 11.8. The Morgan fingerprint density at radius 2 is 1.44 bits per heavy atom. The summed E-state index contributed by atoms with van der Waals surface area (Å²) in [5.41, 5.74) is 2.00. The molecular formula is C13H18N2O2S. The van der Waals surface area contributed by atoms with Gasteiger partial charge < -0.3 is 4.90 Å². The molecule has 0 bridgehead atoms. The van der Waals surface area contributed by atoms with Crippen LogP contribution >= 0.6 is 0 Å². The second-order valence-corrected chi connectivity index (χ2v) is 6.97. The summed E-state index contributed by atoms with van der Waals surface area (Å²) < 4.78 is 25.2. The van der Waals surface area contributed by atoms with Gasteiger partial charge in [0.2, 0.25) is 10.0 Å². The number of hydrogen-bond donors (Lipinski definition) is 0. The molecule has 0 saturated carbocycles. The first-order valence-electron chi connectivity index (χ1n) is 6.52. The maximum Gasteiger partial charge on any atom is 0.235 e. The molecule has 1 aromatic carbocycles. The summed E-state index contributed by atoms with van der Waals surface area (Å²) >= 11 is 0. The van der Waals surface area contributed by atoms with Crippen LogP contribution in [-0.2, 0) is 10.0 Å². The van der Waals surface area contributed by atoms with Crippen molar-refractivity contribution in [3.63, 3.8) is 0 Å². The van der Waals surface area contributed by atoms with E-state index in [-0.39, 0.29) is 5.75 Å². The van der Waals surface area contributed by atoms with Crippen LogP contribution in [-0.4, -0.2) is 33.8 Å². The fourth-order valence-electron chi connectivity index (χ4n) is 2.73. The number of nitrogens with zero attached hydrogens (tertiary/aromatic N) is 2. The summed E-state index contributed by atoms with van der Waals surface area (Å²) in [4.78, 5) is 2.35. The van der Waals surface area contributed by atoms with Gasteiger partial charge in [0.25, 0.3) is 0 Å². The van der Waals surface area contributed by atoms with Gasteiger partial charge in [0.1, 0.15) is 0 Å². The zero-order valence-corrected chi connectivity index (χ0v) is 11.2. The quantitative estimate of drug-likeness (QED) is 0.820. The first-order chi connectivity index (χ1) is 8.67. The summed E-state index contributed by atoms with van der Waals surface area (Å²) in [6.07, 6.45) is 3.24. The zero-order valence-electron chi connectivity index (χ0n) is 10.4. The molecule has 4 nitrogen and oxygen atoms in total. The van der Waals surface area contributed by atoms with Crippen LogP contribution in [0.1, 0.15) is 19.3 Å². The van der Waals surface area contributed by atoms with Crippen LogP contribution in [0.2, 0.25) is 0 Å². The summed E-state index contributed by atoms with van der Waals surface area (Å²) in [6.45, 7) is 2.84. The van der Waals surface area contributed by atoms with Gasteiger partial charge in [-0.25, -0.2) is 8.42 Å². The highest BCUT2D eigenvalue weighted by atomic mass is 32.2. The van der Waals surface area contributed by atoms with Crippen LogP contribution < -0.4 is 9.21 Å². The predicted molar refractivity (Wildman–Crippen MR) is 73.6 cm³/mol. The van der Waals surface area contributed by atoms with Crippen molar-refractivity contribution in [2.45, 2.75) is 19.3 Å². The van der Waals surface area contributed by atoms with Crippen molar-refractivity contribution in [1.29, 1.82) is 0 Å². The molecule has 2 aliphatic rings. The van der Waals surface area contributed by atoms with E-state index < -0.39 is 10.0 Å². The minimum atomic E-state index is -3.05. The maximum atomic E-state index is 11.8. The predicted octanol–water partition coefficient (Wildman–Crippen LogP) is 1.83. The largest absolute Gasteiger partial charge is 0.372 e. The number of sulfonamides is 1. The van der Waals surface area contributed by atoms with Crippen molar-refractivity contribution in [2.75, 3.05) is 34.6 Å². The highest BCUT2D eigenvalue weighted by Gasteiger charge is 2.28. The minimum Gasteiger partial charge on any atom is -0.372 e. The molecule has 0 spiro atoms. The zero-order chi connectivity index (χ0) is 12.6. The molecule has 18 heavy (non-hydrogen) atoms. The normalized spacial score (nSPS) is 22.7. The van der Waals surface area contributed by atoms with Gasteiger partial charge in [0, 0.05) is 25.3 Å². The third-order valence-corrected chi connectivity index (χ3v) is 5.58. The van der Waals surface area contributed by atoms with Crippen LogP contribution in [0, 0.1) is 0 Å². The van der Waals surface area contributed by atoms with Crippen molar-refractivity contribution in [3.05, 3.63) is 24.3 Å². The number of anilines is 2. The van der Waals surface area contributed by atoms with Gasteiger partial charge in [-0.3, -0.25) is 4.31 Å². The van der Waals surface area contributed by atoms with E-state index in [0.29, 0.717) is 6.54 Å². The molecule has 5 heteroatoms. The Morgan fingerprint density at radius 3 is 2.00 bits per heavy atom. The molecule has 98 valence electrons. The third-order valence-electron chi connectivity index (χ3n) is 3.71. The van der Waals surface area contributed by atoms with Gasteiger partial charge >= 0.3 is 0 Å². The van der Waals surface area contributed by atoms with Crippen molar-refractivity contribution in [1.82, 2.24) is 0 Å². The molecule has 1 aromatic rings. The molecule has 2 saturated heterocycles. The van der Waals surface area contributed by atoms with E-state index in [2.05, 4.69) is 4.90 Å². The lowest BCUT2D eigenvalue weighted by Gasteiger charge is -2.20. The van der Waals surface area contributed by atoms with Gasteiger partial charge in [0.05, 0.1) is 11.4 Å². The van der Waals surface area contributed by atoms with Crippen LogP contribution in [0.25, 0.3) is 0 Å². The lowest BCUT2D eigenvalue weighted by molar-refractivity contribution is 0.599.